The summed E-state index contributed by atoms with van der Waals surface area (Å²) in [7, 11) is 0. The van der Waals surface area contributed by atoms with Crippen molar-refractivity contribution in [1.29, 1.82) is 0 Å². The Morgan fingerprint density at radius 2 is 2.00 bits per heavy atom. The van der Waals surface area contributed by atoms with Crippen molar-refractivity contribution in [3.8, 4) is 0 Å². The van der Waals surface area contributed by atoms with Gasteiger partial charge in [0.05, 0.1) is 6.10 Å². The van der Waals surface area contributed by atoms with Gasteiger partial charge in [-0.1, -0.05) is 12.8 Å². The summed E-state index contributed by atoms with van der Waals surface area (Å²) in [4.78, 5) is 0. The highest BCUT2D eigenvalue weighted by atomic mass is 16.5. The second kappa shape index (κ2) is 3.21. The van der Waals surface area contributed by atoms with E-state index < -0.39 is 0 Å². The van der Waals surface area contributed by atoms with Crippen LogP contribution in [-0.2, 0) is 4.74 Å². The van der Waals surface area contributed by atoms with Crippen LogP contribution in [0.15, 0.2) is 0 Å². The van der Waals surface area contributed by atoms with Gasteiger partial charge in [-0.15, -0.1) is 0 Å². The van der Waals surface area contributed by atoms with Crippen LogP contribution in [0, 0.1) is 17.3 Å². The first kappa shape index (κ1) is 9.17. The van der Waals surface area contributed by atoms with E-state index in [9.17, 15) is 0 Å². The highest BCUT2D eigenvalue weighted by Crippen LogP contribution is 2.63. The molecule has 1 heterocycles. The summed E-state index contributed by atoms with van der Waals surface area (Å²) in [6.45, 7) is 1.89. The molecule has 1 aliphatic heterocycles. The Morgan fingerprint density at radius 3 is 2.71 bits per heavy atom. The molecule has 1 saturated heterocycles. The molecule has 0 unspecified atom stereocenters. The van der Waals surface area contributed by atoms with Crippen molar-refractivity contribution in [2.24, 2.45) is 23.0 Å². The monoisotopic (exact) mass is 195 g/mol. The lowest BCUT2D eigenvalue weighted by Crippen LogP contribution is -2.64. The molecule has 1 spiro atoms. The average Bonchev–Trinajstić information content (AvgIpc) is 2.69. The lowest BCUT2D eigenvalue weighted by atomic mass is 9.49. The molecule has 2 aliphatic carbocycles. The van der Waals surface area contributed by atoms with Gasteiger partial charge >= 0.3 is 0 Å². The Bertz CT molecular complexity index is 214. The predicted molar refractivity (Wildman–Crippen MR) is 55.9 cm³/mol. The van der Waals surface area contributed by atoms with Crippen molar-refractivity contribution >= 4 is 0 Å². The number of fused-ring (bicyclic) bond motifs is 2. The molecule has 0 amide bonds. The van der Waals surface area contributed by atoms with Crippen molar-refractivity contribution in [1.82, 2.24) is 0 Å². The van der Waals surface area contributed by atoms with Gasteiger partial charge < -0.3 is 10.5 Å². The number of rotatable bonds is 1. The summed E-state index contributed by atoms with van der Waals surface area (Å²) in [5, 5.41) is 0. The quantitative estimate of drug-likeness (QED) is 0.694. The Hall–Kier alpha value is -0.0800. The van der Waals surface area contributed by atoms with E-state index in [1.807, 2.05) is 0 Å². The van der Waals surface area contributed by atoms with Crippen molar-refractivity contribution in [2.45, 2.75) is 44.6 Å². The number of hydrogen-bond donors (Lipinski definition) is 1. The zero-order chi connectivity index (χ0) is 9.60. The van der Waals surface area contributed by atoms with Gasteiger partial charge in [0.2, 0.25) is 0 Å². The smallest absolute Gasteiger partial charge is 0.0666 e. The first-order valence-corrected chi connectivity index (χ1v) is 6.20. The third-order valence-electron chi connectivity index (χ3n) is 4.98. The Balaban J connectivity index is 1.82. The van der Waals surface area contributed by atoms with Gasteiger partial charge in [-0.2, -0.15) is 0 Å². The lowest BCUT2D eigenvalue weighted by Gasteiger charge is -2.61. The first-order valence-electron chi connectivity index (χ1n) is 6.20. The molecular formula is C12H21NO. The fourth-order valence-electron chi connectivity index (χ4n) is 4.43. The number of hydrogen-bond acceptors (Lipinski definition) is 2. The summed E-state index contributed by atoms with van der Waals surface area (Å²) in [5.41, 5.74) is 6.47. The second-order valence-electron chi connectivity index (χ2n) is 5.38. The van der Waals surface area contributed by atoms with Crippen LogP contribution in [0.3, 0.4) is 0 Å². The number of ether oxygens (including phenoxy) is 1. The molecule has 0 aromatic carbocycles. The topological polar surface area (TPSA) is 35.2 Å². The molecule has 80 valence electrons. The van der Waals surface area contributed by atoms with E-state index in [4.69, 9.17) is 10.5 Å². The van der Waals surface area contributed by atoms with Crippen molar-refractivity contribution in [3.63, 3.8) is 0 Å². The maximum absolute atomic E-state index is 5.99. The highest BCUT2D eigenvalue weighted by molar-refractivity contribution is 5.11. The van der Waals surface area contributed by atoms with Crippen LogP contribution in [0.4, 0.5) is 0 Å². The molecule has 2 N–H and O–H groups in total. The molecule has 0 aromatic heterocycles. The first-order chi connectivity index (χ1) is 6.88. The van der Waals surface area contributed by atoms with Crippen LogP contribution in [0.25, 0.3) is 0 Å². The minimum atomic E-state index is 0.528. The van der Waals surface area contributed by atoms with E-state index in [1.54, 1.807) is 0 Å². The third kappa shape index (κ3) is 0.989. The molecule has 3 aliphatic rings. The fourth-order valence-corrected chi connectivity index (χ4v) is 4.43. The van der Waals surface area contributed by atoms with E-state index in [0.717, 1.165) is 25.0 Å². The van der Waals surface area contributed by atoms with Crippen LogP contribution < -0.4 is 5.73 Å². The third-order valence-corrected chi connectivity index (χ3v) is 4.98. The van der Waals surface area contributed by atoms with Gasteiger partial charge in [-0.05, 0) is 44.1 Å². The van der Waals surface area contributed by atoms with Crippen molar-refractivity contribution < 1.29 is 4.74 Å². The summed E-state index contributed by atoms with van der Waals surface area (Å²) < 4.78 is 5.99. The van der Waals surface area contributed by atoms with E-state index in [2.05, 4.69) is 0 Å². The summed E-state index contributed by atoms with van der Waals surface area (Å²) in [5.74, 6) is 1.60. The SMILES string of the molecule is NC[C@@H]1[C@H]2CCCO[C@@H]2C12CCCC2. The van der Waals surface area contributed by atoms with Gasteiger partial charge in [-0.25, -0.2) is 0 Å². The van der Waals surface area contributed by atoms with E-state index in [-0.39, 0.29) is 0 Å². The largest absolute Gasteiger partial charge is 0.377 e. The minimum Gasteiger partial charge on any atom is -0.377 e. The maximum Gasteiger partial charge on any atom is 0.0666 e. The molecule has 3 atom stereocenters. The fraction of sp³-hybridized carbons (Fsp3) is 1.00. The summed E-state index contributed by atoms with van der Waals surface area (Å²) in [6, 6.07) is 0. The zero-order valence-corrected chi connectivity index (χ0v) is 8.87. The molecule has 3 rings (SSSR count). The molecular weight excluding hydrogens is 174 g/mol. The summed E-state index contributed by atoms with van der Waals surface area (Å²) >= 11 is 0. The van der Waals surface area contributed by atoms with Gasteiger partial charge in [0, 0.05) is 12.0 Å². The second-order valence-corrected chi connectivity index (χ2v) is 5.38. The van der Waals surface area contributed by atoms with E-state index in [0.29, 0.717) is 11.5 Å². The minimum absolute atomic E-state index is 0.528. The normalized spacial score (nSPS) is 44.8. The highest BCUT2D eigenvalue weighted by Gasteiger charge is 2.62. The molecule has 2 heteroatoms. The molecule has 2 saturated carbocycles. The van der Waals surface area contributed by atoms with Gasteiger partial charge in [0.1, 0.15) is 0 Å². The van der Waals surface area contributed by atoms with Crippen LogP contribution >= 0.6 is 0 Å². The molecule has 0 aromatic rings. The Labute approximate surface area is 86.2 Å². The average molecular weight is 195 g/mol. The zero-order valence-electron chi connectivity index (χ0n) is 8.87. The van der Waals surface area contributed by atoms with Gasteiger partial charge in [-0.3, -0.25) is 0 Å². The predicted octanol–water partition coefficient (Wildman–Crippen LogP) is 1.93. The van der Waals surface area contributed by atoms with Crippen LogP contribution in [0.2, 0.25) is 0 Å². The van der Waals surface area contributed by atoms with E-state index in [1.165, 1.54) is 38.5 Å². The van der Waals surface area contributed by atoms with Crippen molar-refractivity contribution in [2.75, 3.05) is 13.2 Å². The van der Waals surface area contributed by atoms with Crippen LogP contribution in [-0.4, -0.2) is 19.3 Å². The molecule has 3 fully saturated rings. The summed E-state index contributed by atoms with van der Waals surface area (Å²) in [6.07, 6.45) is 8.80. The lowest BCUT2D eigenvalue weighted by molar-refractivity contribution is -0.224. The number of nitrogens with two attached hydrogens (primary N) is 1. The van der Waals surface area contributed by atoms with Gasteiger partial charge in [0.15, 0.2) is 0 Å². The standard InChI is InChI=1S/C12H21NO/c13-8-10-9-4-3-7-14-11(9)12(10)5-1-2-6-12/h9-11H,1-8,13H2/t9-,10-,11+/m1/s1. The van der Waals surface area contributed by atoms with Gasteiger partial charge in [0.25, 0.3) is 0 Å². The Kier molecular flexibility index (Phi) is 2.10. The Morgan fingerprint density at radius 1 is 1.21 bits per heavy atom. The van der Waals surface area contributed by atoms with Crippen LogP contribution in [0.5, 0.6) is 0 Å². The molecule has 0 bridgehead atoms. The van der Waals surface area contributed by atoms with Crippen LogP contribution in [0.1, 0.15) is 38.5 Å². The molecule has 14 heavy (non-hydrogen) atoms. The maximum atomic E-state index is 5.99. The van der Waals surface area contributed by atoms with E-state index >= 15 is 0 Å². The molecule has 0 radical (unpaired) electrons. The van der Waals surface area contributed by atoms with Crippen molar-refractivity contribution in [3.05, 3.63) is 0 Å². The molecule has 2 nitrogen and oxygen atoms in total.